The summed E-state index contributed by atoms with van der Waals surface area (Å²) in [5, 5.41) is 23.1. The van der Waals surface area contributed by atoms with Crippen LogP contribution in [0.25, 0.3) is 0 Å². The molecule has 0 saturated heterocycles. The van der Waals surface area contributed by atoms with E-state index in [-0.39, 0.29) is 11.3 Å². The number of hydrogen-bond donors (Lipinski definition) is 2. The topological polar surface area (TPSA) is 95.7 Å². The second kappa shape index (κ2) is 6.89. The van der Waals surface area contributed by atoms with Gasteiger partial charge in [0.1, 0.15) is 5.69 Å². The molecule has 23 heavy (non-hydrogen) atoms. The quantitative estimate of drug-likeness (QED) is 0.628. The number of nitrogens with one attached hydrogen (secondary N) is 1. The van der Waals surface area contributed by atoms with Gasteiger partial charge in [0.25, 0.3) is 5.69 Å². The maximum Gasteiger partial charge on any atom is 0.335 e. The van der Waals surface area contributed by atoms with Crippen molar-refractivity contribution in [2.45, 2.75) is 6.54 Å². The summed E-state index contributed by atoms with van der Waals surface area (Å²) in [6, 6.07) is 11.0. The molecule has 0 unspecified atom stereocenters. The first-order valence-electron chi connectivity index (χ1n) is 6.89. The van der Waals surface area contributed by atoms with E-state index in [1.54, 1.807) is 18.2 Å². The van der Waals surface area contributed by atoms with Gasteiger partial charge in [0.05, 0.1) is 10.5 Å². The number of hydrogen-bond acceptors (Lipinski definition) is 5. The molecule has 2 aromatic carbocycles. The Morgan fingerprint density at radius 2 is 1.87 bits per heavy atom. The Hall–Kier alpha value is -2.93. The van der Waals surface area contributed by atoms with Crippen LogP contribution in [0.1, 0.15) is 15.9 Å². The van der Waals surface area contributed by atoms with Crippen LogP contribution in [0.3, 0.4) is 0 Å². The number of rotatable bonds is 6. The maximum absolute atomic E-state index is 11.3. The zero-order chi connectivity index (χ0) is 17.0. The Labute approximate surface area is 133 Å². The van der Waals surface area contributed by atoms with E-state index in [9.17, 15) is 14.9 Å². The normalized spacial score (nSPS) is 10.6. The van der Waals surface area contributed by atoms with Crippen molar-refractivity contribution >= 4 is 23.0 Å². The van der Waals surface area contributed by atoms with E-state index in [1.807, 2.05) is 25.1 Å². The maximum atomic E-state index is 11.3. The standard InChI is InChI=1S/C16H17N3O4/c1-18(2)10-11-3-8-14(15(9-11)19(22)23)17-13-6-4-12(5-7-13)16(20)21/h3-9,17H,10H2,1-2H3,(H,20,21). The number of nitrogens with zero attached hydrogens (tertiary/aromatic N) is 2. The van der Waals surface area contributed by atoms with Crippen LogP contribution >= 0.6 is 0 Å². The number of nitro benzene ring substituents is 1. The van der Waals surface area contributed by atoms with Crippen LogP contribution in [0.15, 0.2) is 42.5 Å². The van der Waals surface area contributed by atoms with Crippen molar-refractivity contribution in [3.05, 3.63) is 63.7 Å². The molecule has 2 rings (SSSR count). The Morgan fingerprint density at radius 3 is 2.39 bits per heavy atom. The fraction of sp³-hybridized carbons (Fsp3) is 0.188. The highest BCUT2D eigenvalue weighted by molar-refractivity contribution is 5.88. The minimum Gasteiger partial charge on any atom is -0.478 e. The largest absolute Gasteiger partial charge is 0.478 e. The first-order chi connectivity index (χ1) is 10.9. The molecule has 7 nitrogen and oxygen atoms in total. The third-order valence-corrected chi connectivity index (χ3v) is 3.17. The van der Waals surface area contributed by atoms with Crippen molar-refractivity contribution < 1.29 is 14.8 Å². The van der Waals surface area contributed by atoms with E-state index in [2.05, 4.69) is 5.32 Å². The number of carboxylic acid groups (broad SMARTS) is 1. The average molecular weight is 315 g/mol. The molecule has 120 valence electrons. The van der Waals surface area contributed by atoms with Gasteiger partial charge >= 0.3 is 5.97 Å². The Bertz CT molecular complexity index is 727. The summed E-state index contributed by atoms with van der Waals surface area (Å²) in [6.45, 7) is 0.606. The van der Waals surface area contributed by atoms with Gasteiger partial charge in [0.2, 0.25) is 0 Å². The first kappa shape index (κ1) is 16.4. The zero-order valence-electron chi connectivity index (χ0n) is 12.8. The van der Waals surface area contributed by atoms with Gasteiger partial charge in [-0.2, -0.15) is 0 Å². The molecule has 0 radical (unpaired) electrons. The molecular weight excluding hydrogens is 298 g/mol. The lowest BCUT2D eigenvalue weighted by Gasteiger charge is -2.12. The molecule has 0 aliphatic rings. The van der Waals surface area contributed by atoms with Gasteiger partial charge in [0.15, 0.2) is 0 Å². The molecule has 0 aliphatic heterocycles. The fourth-order valence-electron chi connectivity index (χ4n) is 2.15. The minimum absolute atomic E-state index is 0.0216. The van der Waals surface area contributed by atoms with E-state index in [0.29, 0.717) is 17.9 Å². The SMILES string of the molecule is CN(C)Cc1ccc(Nc2ccc(C(=O)O)cc2)c([N+](=O)[O-])c1. The predicted molar refractivity (Wildman–Crippen MR) is 87.2 cm³/mol. The van der Waals surface area contributed by atoms with E-state index < -0.39 is 10.9 Å². The van der Waals surface area contributed by atoms with Crippen molar-refractivity contribution in [3.8, 4) is 0 Å². The molecule has 2 aromatic rings. The molecule has 0 heterocycles. The molecule has 0 saturated carbocycles. The van der Waals surface area contributed by atoms with Gasteiger partial charge in [0, 0.05) is 18.3 Å². The highest BCUT2D eigenvalue weighted by atomic mass is 16.6. The van der Waals surface area contributed by atoms with E-state index in [1.165, 1.54) is 18.2 Å². The second-order valence-electron chi connectivity index (χ2n) is 5.35. The van der Waals surface area contributed by atoms with Crippen LogP contribution in [0.4, 0.5) is 17.1 Å². The number of carbonyl (C=O) groups is 1. The van der Waals surface area contributed by atoms with Crippen LogP contribution in [0, 0.1) is 10.1 Å². The molecular formula is C16H17N3O4. The number of anilines is 2. The van der Waals surface area contributed by atoms with E-state index in [4.69, 9.17) is 5.11 Å². The van der Waals surface area contributed by atoms with E-state index >= 15 is 0 Å². The van der Waals surface area contributed by atoms with Crippen molar-refractivity contribution in [1.29, 1.82) is 0 Å². The lowest BCUT2D eigenvalue weighted by Crippen LogP contribution is -2.11. The van der Waals surface area contributed by atoms with Crippen molar-refractivity contribution in [3.63, 3.8) is 0 Å². The number of nitro groups is 1. The first-order valence-corrected chi connectivity index (χ1v) is 6.89. The number of aromatic carboxylic acids is 1. The van der Waals surface area contributed by atoms with Crippen LogP contribution in [0.2, 0.25) is 0 Å². The molecule has 2 N–H and O–H groups in total. The Morgan fingerprint density at radius 1 is 1.22 bits per heavy atom. The fourth-order valence-corrected chi connectivity index (χ4v) is 2.15. The number of benzene rings is 2. The summed E-state index contributed by atoms with van der Waals surface area (Å²) in [7, 11) is 3.78. The average Bonchev–Trinajstić information content (AvgIpc) is 2.48. The summed E-state index contributed by atoms with van der Waals surface area (Å²) in [6.07, 6.45) is 0. The Kier molecular flexibility index (Phi) is 4.92. The summed E-state index contributed by atoms with van der Waals surface area (Å²) < 4.78 is 0. The summed E-state index contributed by atoms with van der Waals surface area (Å²) in [5.74, 6) is -1.02. The molecule has 0 atom stereocenters. The number of carboxylic acids is 1. The van der Waals surface area contributed by atoms with Crippen molar-refractivity contribution in [2.75, 3.05) is 19.4 Å². The lowest BCUT2D eigenvalue weighted by atomic mass is 10.1. The highest BCUT2D eigenvalue weighted by Gasteiger charge is 2.15. The Balaban J connectivity index is 2.27. The van der Waals surface area contributed by atoms with Crippen LogP contribution < -0.4 is 5.32 Å². The zero-order valence-corrected chi connectivity index (χ0v) is 12.8. The summed E-state index contributed by atoms with van der Waals surface area (Å²) >= 11 is 0. The molecule has 0 aromatic heterocycles. The lowest BCUT2D eigenvalue weighted by molar-refractivity contribution is -0.384. The molecule has 0 bridgehead atoms. The van der Waals surface area contributed by atoms with Gasteiger partial charge < -0.3 is 15.3 Å². The third-order valence-electron chi connectivity index (χ3n) is 3.17. The smallest absolute Gasteiger partial charge is 0.335 e. The van der Waals surface area contributed by atoms with Gasteiger partial charge in [-0.1, -0.05) is 6.07 Å². The molecule has 7 heteroatoms. The van der Waals surface area contributed by atoms with Gasteiger partial charge in [-0.25, -0.2) is 4.79 Å². The second-order valence-corrected chi connectivity index (χ2v) is 5.35. The minimum atomic E-state index is -1.02. The summed E-state index contributed by atoms with van der Waals surface area (Å²) in [5.41, 5.74) is 1.92. The molecule has 0 fully saturated rings. The molecule has 0 aliphatic carbocycles. The van der Waals surface area contributed by atoms with Crippen LogP contribution in [-0.4, -0.2) is 35.0 Å². The predicted octanol–water partition coefficient (Wildman–Crippen LogP) is 3.10. The summed E-state index contributed by atoms with van der Waals surface area (Å²) in [4.78, 5) is 23.6. The molecule has 0 spiro atoms. The van der Waals surface area contributed by atoms with Crippen LogP contribution in [-0.2, 0) is 6.54 Å². The van der Waals surface area contributed by atoms with Crippen LogP contribution in [0.5, 0.6) is 0 Å². The van der Waals surface area contributed by atoms with Gasteiger partial charge in [-0.3, -0.25) is 10.1 Å². The van der Waals surface area contributed by atoms with E-state index in [0.717, 1.165) is 5.56 Å². The van der Waals surface area contributed by atoms with Gasteiger partial charge in [-0.15, -0.1) is 0 Å². The van der Waals surface area contributed by atoms with Crippen molar-refractivity contribution in [2.24, 2.45) is 0 Å². The van der Waals surface area contributed by atoms with Crippen molar-refractivity contribution in [1.82, 2.24) is 4.90 Å². The monoisotopic (exact) mass is 315 g/mol. The third kappa shape index (κ3) is 4.27. The highest BCUT2D eigenvalue weighted by Crippen LogP contribution is 2.29. The van der Waals surface area contributed by atoms with Gasteiger partial charge in [-0.05, 0) is 50.0 Å². The molecule has 0 amide bonds.